The van der Waals surface area contributed by atoms with Crippen LogP contribution in [0.15, 0.2) is 59.1 Å². The molecule has 2 aliphatic rings. The molecule has 5 rings (SSSR count). The van der Waals surface area contributed by atoms with E-state index < -0.39 is 0 Å². The first-order valence-electron chi connectivity index (χ1n) is 8.85. The van der Waals surface area contributed by atoms with Crippen molar-refractivity contribution >= 4 is 23.1 Å². The van der Waals surface area contributed by atoms with Gasteiger partial charge in [-0.3, -0.25) is 4.79 Å². The lowest BCUT2D eigenvalue weighted by molar-refractivity contribution is -0.116. The molecule has 1 N–H and O–H groups in total. The van der Waals surface area contributed by atoms with Gasteiger partial charge in [0.05, 0.1) is 0 Å². The van der Waals surface area contributed by atoms with Gasteiger partial charge in [0.1, 0.15) is 6.04 Å². The van der Waals surface area contributed by atoms with Crippen molar-refractivity contribution in [1.29, 1.82) is 0 Å². The average Bonchev–Trinajstić information content (AvgIpc) is 3.30. The summed E-state index contributed by atoms with van der Waals surface area (Å²) >= 11 is 1.66. The molecule has 0 bridgehead atoms. The van der Waals surface area contributed by atoms with Crippen LogP contribution in [0.4, 0.5) is 5.95 Å². The highest BCUT2D eigenvalue weighted by Crippen LogP contribution is 2.41. The third-order valence-electron chi connectivity index (χ3n) is 4.93. The van der Waals surface area contributed by atoms with E-state index in [0.717, 1.165) is 40.8 Å². The predicted octanol–water partition coefficient (Wildman–Crippen LogP) is 3.95. The molecule has 0 saturated carbocycles. The van der Waals surface area contributed by atoms with Gasteiger partial charge in [0, 0.05) is 29.0 Å². The van der Waals surface area contributed by atoms with Gasteiger partial charge in [0.25, 0.3) is 0 Å². The minimum absolute atomic E-state index is 0.161. The van der Waals surface area contributed by atoms with Crippen molar-refractivity contribution in [3.8, 4) is 0 Å². The second kappa shape index (κ2) is 6.21. The number of aromatic nitrogens is 3. The van der Waals surface area contributed by atoms with Gasteiger partial charge >= 0.3 is 0 Å². The van der Waals surface area contributed by atoms with Crippen molar-refractivity contribution in [3.05, 3.63) is 75.4 Å². The number of ketones is 1. The Labute approximate surface area is 155 Å². The Morgan fingerprint density at radius 2 is 2.04 bits per heavy atom. The third kappa shape index (κ3) is 2.57. The predicted molar refractivity (Wildman–Crippen MR) is 101 cm³/mol. The summed E-state index contributed by atoms with van der Waals surface area (Å²) in [5, 5.41) is 10.2. The van der Waals surface area contributed by atoms with Crippen molar-refractivity contribution < 1.29 is 4.79 Å². The lowest BCUT2D eigenvalue weighted by Gasteiger charge is -2.31. The molecule has 0 spiro atoms. The maximum Gasteiger partial charge on any atom is 0.226 e. The van der Waals surface area contributed by atoms with Gasteiger partial charge in [0.15, 0.2) is 11.6 Å². The van der Waals surface area contributed by atoms with E-state index in [1.54, 1.807) is 11.3 Å². The fourth-order valence-electron chi connectivity index (χ4n) is 3.76. The van der Waals surface area contributed by atoms with Crippen LogP contribution in [0.3, 0.4) is 0 Å². The molecular formula is C20H18N4OS. The number of anilines is 1. The summed E-state index contributed by atoms with van der Waals surface area (Å²) in [6, 6.07) is 14.2. The number of nitrogens with one attached hydrogen (secondary N) is 1. The first kappa shape index (κ1) is 15.5. The van der Waals surface area contributed by atoms with Crippen molar-refractivity contribution in [2.24, 2.45) is 0 Å². The molecule has 5 nitrogen and oxygen atoms in total. The van der Waals surface area contributed by atoms with Crippen molar-refractivity contribution in [3.63, 3.8) is 0 Å². The molecule has 0 fully saturated rings. The molecular weight excluding hydrogens is 344 g/mol. The zero-order chi connectivity index (χ0) is 17.5. The van der Waals surface area contributed by atoms with Crippen LogP contribution in [0.2, 0.25) is 0 Å². The zero-order valence-electron chi connectivity index (χ0n) is 14.2. The summed E-state index contributed by atoms with van der Waals surface area (Å²) in [4.78, 5) is 18.5. The van der Waals surface area contributed by atoms with Gasteiger partial charge < -0.3 is 5.32 Å². The Hall–Kier alpha value is -2.73. The number of benzene rings is 1. The number of carbonyl (C=O) groups excluding carboxylic acids is 1. The average molecular weight is 362 g/mol. The topological polar surface area (TPSA) is 59.8 Å². The molecule has 1 aliphatic heterocycles. The van der Waals surface area contributed by atoms with Crippen molar-refractivity contribution in [2.75, 3.05) is 5.32 Å². The first-order valence-corrected chi connectivity index (χ1v) is 9.73. The van der Waals surface area contributed by atoms with E-state index >= 15 is 0 Å². The molecule has 2 aromatic heterocycles. The number of rotatable bonds is 3. The molecule has 1 atom stereocenters. The van der Waals surface area contributed by atoms with Crippen molar-refractivity contribution in [1.82, 2.24) is 14.8 Å². The number of Topliss-reactive ketones (excluding diaryl/α,β-unsaturated/α-hetero) is 1. The zero-order valence-corrected chi connectivity index (χ0v) is 15.0. The molecule has 1 aliphatic carbocycles. The Balaban J connectivity index is 1.58. The van der Waals surface area contributed by atoms with Crippen LogP contribution in [-0.4, -0.2) is 20.5 Å². The number of allylic oxidation sites excluding steroid dienone is 2. The fraction of sp³-hybridized carbons (Fsp3) is 0.250. The third-order valence-corrected chi connectivity index (χ3v) is 5.85. The summed E-state index contributed by atoms with van der Waals surface area (Å²) < 4.78 is 1.90. The summed E-state index contributed by atoms with van der Waals surface area (Å²) in [6.45, 7) is 0. The fourth-order valence-corrected chi connectivity index (χ4v) is 4.58. The standard InChI is InChI=1S/C20H18N4OS/c25-15-9-4-8-14-18(15)19(16-10-5-11-26-16)24-20(21-14)22-17(23-24)12-13-6-2-1-3-7-13/h1-3,5-7,10-11,19H,4,8-9,12H2,(H,21,22,23). The number of hydrogen-bond acceptors (Lipinski definition) is 5. The number of thiophene rings is 1. The van der Waals surface area contributed by atoms with Crippen LogP contribution < -0.4 is 5.32 Å². The number of nitrogens with zero attached hydrogens (tertiary/aromatic N) is 3. The molecule has 3 aromatic rings. The SMILES string of the molecule is O=C1CCCC2=C1C(c1cccs1)n1nc(Cc3ccccc3)nc1N2. The summed E-state index contributed by atoms with van der Waals surface area (Å²) in [5.74, 6) is 1.73. The van der Waals surface area contributed by atoms with E-state index in [9.17, 15) is 4.79 Å². The highest BCUT2D eigenvalue weighted by molar-refractivity contribution is 7.10. The van der Waals surface area contributed by atoms with Crippen molar-refractivity contribution in [2.45, 2.75) is 31.7 Å². The lowest BCUT2D eigenvalue weighted by Crippen LogP contribution is -2.31. The Morgan fingerprint density at radius 1 is 1.15 bits per heavy atom. The normalized spacial score (nSPS) is 19.1. The smallest absolute Gasteiger partial charge is 0.226 e. The van der Waals surface area contributed by atoms with E-state index in [-0.39, 0.29) is 11.8 Å². The molecule has 3 heterocycles. The van der Waals surface area contributed by atoms with Crippen LogP contribution in [0.25, 0.3) is 0 Å². The second-order valence-electron chi connectivity index (χ2n) is 6.67. The maximum absolute atomic E-state index is 12.7. The molecule has 0 saturated heterocycles. The molecule has 0 amide bonds. The van der Waals surface area contributed by atoms with Crippen LogP contribution in [-0.2, 0) is 11.2 Å². The van der Waals surface area contributed by atoms with E-state index in [0.29, 0.717) is 12.8 Å². The number of carbonyl (C=O) groups is 1. The molecule has 130 valence electrons. The van der Waals surface area contributed by atoms with Crippen LogP contribution in [0, 0.1) is 0 Å². The molecule has 1 unspecified atom stereocenters. The Morgan fingerprint density at radius 3 is 2.85 bits per heavy atom. The molecule has 26 heavy (non-hydrogen) atoms. The van der Waals surface area contributed by atoms with E-state index in [1.165, 1.54) is 5.56 Å². The lowest BCUT2D eigenvalue weighted by atomic mass is 9.88. The molecule has 6 heteroatoms. The molecule has 0 radical (unpaired) electrons. The summed E-state index contributed by atoms with van der Waals surface area (Å²) in [6.07, 6.45) is 3.08. The summed E-state index contributed by atoms with van der Waals surface area (Å²) in [7, 11) is 0. The molecule has 1 aromatic carbocycles. The van der Waals surface area contributed by atoms with Gasteiger partial charge in [-0.05, 0) is 29.9 Å². The number of fused-ring (bicyclic) bond motifs is 1. The quantitative estimate of drug-likeness (QED) is 0.766. The first-order chi connectivity index (χ1) is 12.8. The Kier molecular flexibility index (Phi) is 3.71. The van der Waals surface area contributed by atoms with E-state index in [4.69, 9.17) is 10.1 Å². The van der Waals surface area contributed by atoms with E-state index in [2.05, 4.69) is 23.5 Å². The number of hydrogen-bond donors (Lipinski definition) is 1. The Bertz CT molecular complexity index is 988. The van der Waals surface area contributed by atoms with E-state index in [1.807, 2.05) is 34.3 Å². The van der Waals surface area contributed by atoms with Gasteiger partial charge in [0.2, 0.25) is 5.95 Å². The van der Waals surface area contributed by atoms with Crippen LogP contribution >= 0.6 is 11.3 Å². The maximum atomic E-state index is 12.7. The summed E-state index contributed by atoms with van der Waals surface area (Å²) in [5.41, 5.74) is 3.06. The minimum Gasteiger partial charge on any atom is -0.328 e. The highest BCUT2D eigenvalue weighted by atomic mass is 32.1. The van der Waals surface area contributed by atoms with Gasteiger partial charge in [-0.15, -0.1) is 11.3 Å². The van der Waals surface area contributed by atoms with Crippen LogP contribution in [0.5, 0.6) is 0 Å². The highest BCUT2D eigenvalue weighted by Gasteiger charge is 2.37. The van der Waals surface area contributed by atoms with Gasteiger partial charge in [-0.1, -0.05) is 36.4 Å². The monoisotopic (exact) mass is 362 g/mol. The largest absolute Gasteiger partial charge is 0.328 e. The second-order valence-corrected chi connectivity index (χ2v) is 7.65. The minimum atomic E-state index is -0.161. The van der Waals surface area contributed by atoms with Gasteiger partial charge in [-0.2, -0.15) is 10.1 Å². The van der Waals surface area contributed by atoms with Crippen LogP contribution in [0.1, 0.15) is 41.6 Å². The van der Waals surface area contributed by atoms with Gasteiger partial charge in [-0.25, -0.2) is 4.68 Å².